The second-order valence-electron chi connectivity index (χ2n) is 7.71. The fourth-order valence-corrected chi connectivity index (χ4v) is 3.80. The zero-order valence-electron chi connectivity index (χ0n) is 17.5. The van der Waals surface area contributed by atoms with Crippen LogP contribution < -0.4 is 19.7 Å². The van der Waals surface area contributed by atoms with Crippen molar-refractivity contribution in [3.63, 3.8) is 0 Å². The highest BCUT2D eigenvalue weighted by Crippen LogP contribution is 2.32. The maximum atomic E-state index is 14.4. The van der Waals surface area contributed by atoms with E-state index in [1.807, 2.05) is 4.90 Å². The van der Waals surface area contributed by atoms with Gasteiger partial charge in [0.1, 0.15) is 19.0 Å². The number of rotatable bonds is 6. The van der Waals surface area contributed by atoms with Gasteiger partial charge in [0.2, 0.25) is 5.91 Å². The number of halogens is 1. The quantitative estimate of drug-likeness (QED) is 0.715. The van der Waals surface area contributed by atoms with Gasteiger partial charge >= 0.3 is 0 Å². The van der Waals surface area contributed by atoms with Crippen LogP contribution in [0.5, 0.6) is 11.5 Å². The Balaban J connectivity index is 1.24. The monoisotopic (exact) mass is 427 g/mol. The zero-order valence-corrected chi connectivity index (χ0v) is 17.5. The highest BCUT2D eigenvalue weighted by atomic mass is 19.1. The van der Waals surface area contributed by atoms with E-state index >= 15 is 0 Å². The van der Waals surface area contributed by atoms with Crippen molar-refractivity contribution in [2.45, 2.75) is 13.3 Å². The van der Waals surface area contributed by atoms with Gasteiger partial charge in [-0.3, -0.25) is 14.5 Å². The minimum absolute atomic E-state index is 0.0648. The van der Waals surface area contributed by atoms with Crippen LogP contribution in [0.25, 0.3) is 0 Å². The molecule has 1 N–H and O–H groups in total. The summed E-state index contributed by atoms with van der Waals surface area (Å²) < 4.78 is 25.4. The third-order valence-corrected chi connectivity index (χ3v) is 5.55. The fourth-order valence-electron chi connectivity index (χ4n) is 3.80. The molecule has 0 saturated carbocycles. The van der Waals surface area contributed by atoms with Crippen LogP contribution in [-0.4, -0.2) is 62.5 Å². The maximum Gasteiger partial charge on any atom is 0.225 e. The van der Waals surface area contributed by atoms with Crippen molar-refractivity contribution in [2.24, 2.45) is 0 Å². The van der Waals surface area contributed by atoms with Crippen molar-refractivity contribution in [2.75, 3.05) is 56.2 Å². The molecule has 2 aliphatic heterocycles. The van der Waals surface area contributed by atoms with E-state index in [1.54, 1.807) is 30.3 Å². The molecule has 2 aromatic carbocycles. The van der Waals surface area contributed by atoms with Gasteiger partial charge in [-0.15, -0.1) is 0 Å². The third-order valence-electron chi connectivity index (χ3n) is 5.55. The summed E-state index contributed by atoms with van der Waals surface area (Å²) in [6, 6.07) is 10.0. The summed E-state index contributed by atoms with van der Waals surface area (Å²) in [6.07, 6.45) is 0.371. The van der Waals surface area contributed by atoms with Crippen molar-refractivity contribution in [1.82, 2.24) is 4.90 Å². The van der Waals surface area contributed by atoms with Crippen LogP contribution >= 0.6 is 0 Å². The number of hydrogen-bond donors (Lipinski definition) is 1. The molecular weight excluding hydrogens is 401 g/mol. The topological polar surface area (TPSA) is 71.1 Å². The standard InChI is InChI=1S/C23H26FN3O4/c1-16(28)17-2-4-20(19(24)14-17)27-10-8-26(9-11-27)7-6-23(29)25-18-3-5-21-22(15-18)31-13-12-30-21/h2-5,14-15H,6-13H2,1H3,(H,25,29). The molecule has 0 spiro atoms. The summed E-state index contributed by atoms with van der Waals surface area (Å²) in [7, 11) is 0. The minimum atomic E-state index is -0.375. The molecule has 0 bridgehead atoms. The number of ketones is 1. The lowest BCUT2D eigenvalue weighted by Gasteiger charge is -2.36. The SMILES string of the molecule is CC(=O)c1ccc(N2CCN(CCC(=O)Nc3ccc4c(c3)OCCO4)CC2)c(F)c1. The molecule has 4 rings (SSSR count). The molecule has 8 heteroatoms. The number of carbonyl (C=O) groups is 2. The predicted octanol–water partition coefficient (Wildman–Crippen LogP) is 2.95. The van der Waals surface area contributed by atoms with Crippen molar-refractivity contribution in [3.05, 3.63) is 47.8 Å². The summed E-state index contributed by atoms with van der Waals surface area (Å²) in [5.41, 5.74) is 1.58. The fraction of sp³-hybridized carbons (Fsp3) is 0.391. The molecular formula is C23H26FN3O4. The number of hydrogen-bond acceptors (Lipinski definition) is 6. The Hall–Kier alpha value is -3.13. The molecule has 1 amide bonds. The summed E-state index contributed by atoms with van der Waals surface area (Å²) >= 11 is 0. The van der Waals surface area contributed by atoms with Gasteiger partial charge in [0.05, 0.1) is 5.69 Å². The largest absolute Gasteiger partial charge is 0.486 e. The van der Waals surface area contributed by atoms with E-state index in [4.69, 9.17) is 9.47 Å². The maximum absolute atomic E-state index is 14.4. The van der Waals surface area contributed by atoms with Crippen LogP contribution in [0.3, 0.4) is 0 Å². The van der Waals surface area contributed by atoms with Crippen molar-refractivity contribution < 1.29 is 23.5 Å². The molecule has 0 atom stereocenters. The molecule has 0 aromatic heterocycles. The molecule has 0 unspecified atom stereocenters. The Bertz CT molecular complexity index is 973. The zero-order chi connectivity index (χ0) is 21.8. The number of nitrogens with one attached hydrogen (secondary N) is 1. The molecule has 2 heterocycles. The normalized spacial score (nSPS) is 16.1. The van der Waals surface area contributed by atoms with E-state index in [9.17, 15) is 14.0 Å². The Morgan fingerprint density at radius 1 is 1.00 bits per heavy atom. The smallest absolute Gasteiger partial charge is 0.225 e. The molecule has 2 aliphatic rings. The van der Waals surface area contributed by atoms with E-state index in [-0.39, 0.29) is 17.5 Å². The lowest BCUT2D eigenvalue weighted by Crippen LogP contribution is -2.47. The molecule has 1 fully saturated rings. The molecule has 0 radical (unpaired) electrons. The molecule has 1 saturated heterocycles. The van der Waals surface area contributed by atoms with E-state index in [2.05, 4.69) is 10.2 Å². The lowest BCUT2D eigenvalue weighted by molar-refractivity contribution is -0.116. The first-order chi connectivity index (χ1) is 15.0. The van der Waals surface area contributed by atoms with Gasteiger partial charge in [-0.05, 0) is 37.3 Å². The Labute approximate surface area is 180 Å². The number of ether oxygens (including phenoxy) is 2. The number of anilines is 2. The number of carbonyl (C=O) groups excluding carboxylic acids is 2. The lowest BCUT2D eigenvalue weighted by atomic mass is 10.1. The van der Waals surface area contributed by atoms with Crippen molar-refractivity contribution in [3.8, 4) is 11.5 Å². The summed E-state index contributed by atoms with van der Waals surface area (Å²) in [5.74, 6) is 0.743. The van der Waals surface area contributed by atoms with Gasteiger partial charge in [0.25, 0.3) is 0 Å². The average Bonchev–Trinajstić information content (AvgIpc) is 2.78. The first-order valence-corrected chi connectivity index (χ1v) is 10.5. The summed E-state index contributed by atoms with van der Waals surface area (Å²) in [6.45, 7) is 5.91. The number of fused-ring (bicyclic) bond motifs is 1. The number of benzene rings is 2. The highest BCUT2D eigenvalue weighted by molar-refractivity contribution is 5.94. The van der Waals surface area contributed by atoms with Crippen LogP contribution in [0, 0.1) is 5.82 Å². The second kappa shape index (κ2) is 9.34. The summed E-state index contributed by atoms with van der Waals surface area (Å²) in [5, 5.41) is 2.90. The van der Waals surface area contributed by atoms with Crippen molar-refractivity contribution in [1.29, 1.82) is 0 Å². The molecule has 164 valence electrons. The van der Waals surface area contributed by atoms with Gasteiger partial charge in [-0.25, -0.2) is 4.39 Å². The van der Waals surface area contributed by atoms with E-state index in [0.717, 1.165) is 13.1 Å². The Kier molecular flexibility index (Phi) is 6.36. The van der Waals surface area contributed by atoms with Gasteiger partial charge in [-0.1, -0.05) is 0 Å². The predicted molar refractivity (Wildman–Crippen MR) is 116 cm³/mol. The van der Waals surface area contributed by atoms with Gasteiger partial charge in [-0.2, -0.15) is 0 Å². The average molecular weight is 427 g/mol. The van der Waals surface area contributed by atoms with Crippen LogP contribution in [0.4, 0.5) is 15.8 Å². The number of amides is 1. The third kappa shape index (κ3) is 5.14. The first kappa shape index (κ1) is 21.1. The van der Waals surface area contributed by atoms with E-state index < -0.39 is 0 Å². The van der Waals surface area contributed by atoms with E-state index in [0.29, 0.717) is 67.7 Å². The van der Waals surface area contributed by atoms with Crippen LogP contribution in [0.1, 0.15) is 23.7 Å². The summed E-state index contributed by atoms with van der Waals surface area (Å²) in [4.78, 5) is 27.9. The molecule has 2 aromatic rings. The number of nitrogens with zero attached hydrogens (tertiary/aromatic N) is 2. The van der Waals surface area contributed by atoms with Gasteiger partial charge in [0.15, 0.2) is 17.3 Å². The number of piperazine rings is 1. The minimum Gasteiger partial charge on any atom is -0.486 e. The van der Waals surface area contributed by atoms with Crippen LogP contribution in [-0.2, 0) is 4.79 Å². The van der Waals surface area contributed by atoms with E-state index in [1.165, 1.54) is 13.0 Å². The van der Waals surface area contributed by atoms with Gasteiger partial charge < -0.3 is 19.7 Å². The molecule has 7 nitrogen and oxygen atoms in total. The second-order valence-corrected chi connectivity index (χ2v) is 7.71. The first-order valence-electron chi connectivity index (χ1n) is 10.5. The van der Waals surface area contributed by atoms with Crippen molar-refractivity contribution >= 4 is 23.1 Å². The van der Waals surface area contributed by atoms with Crippen LogP contribution in [0.15, 0.2) is 36.4 Å². The Morgan fingerprint density at radius 3 is 2.45 bits per heavy atom. The van der Waals surface area contributed by atoms with Crippen LogP contribution in [0.2, 0.25) is 0 Å². The number of Topliss-reactive ketones (excluding diaryl/α,β-unsaturated/α-hetero) is 1. The highest BCUT2D eigenvalue weighted by Gasteiger charge is 2.21. The van der Waals surface area contributed by atoms with Gasteiger partial charge in [0, 0.05) is 56.5 Å². The Morgan fingerprint density at radius 2 is 1.74 bits per heavy atom. The molecule has 0 aliphatic carbocycles. The molecule has 31 heavy (non-hydrogen) atoms.